The molecule has 0 aromatic carbocycles. The zero-order chi connectivity index (χ0) is 6.69. The van der Waals surface area contributed by atoms with Gasteiger partial charge in [-0.1, -0.05) is 25.5 Å². The van der Waals surface area contributed by atoms with Crippen LogP contribution >= 0.6 is 0 Å². The molecule has 0 N–H and O–H groups in total. The molecule has 0 aromatic heterocycles. The number of hydrogen-bond donors (Lipinski definition) is 0. The van der Waals surface area contributed by atoms with E-state index in [4.69, 9.17) is 4.74 Å². The van der Waals surface area contributed by atoms with Gasteiger partial charge in [0.05, 0.1) is 12.2 Å². The van der Waals surface area contributed by atoms with E-state index in [0.29, 0.717) is 12.2 Å². The third-order valence-corrected chi connectivity index (χ3v) is 1.56. The third-order valence-electron chi connectivity index (χ3n) is 1.56. The number of ether oxygens (including phenoxy) is 1. The van der Waals surface area contributed by atoms with Crippen LogP contribution in [0.2, 0.25) is 0 Å². The van der Waals surface area contributed by atoms with Crippen molar-refractivity contribution in [3.8, 4) is 0 Å². The van der Waals surface area contributed by atoms with Gasteiger partial charge in [-0.25, -0.2) is 0 Å². The molecule has 1 heteroatoms. The van der Waals surface area contributed by atoms with Crippen molar-refractivity contribution in [1.29, 1.82) is 0 Å². The molecule has 0 aromatic rings. The molecule has 0 bridgehead atoms. The Morgan fingerprint density at radius 3 is 2.67 bits per heavy atom. The lowest BCUT2D eigenvalue weighted by atomic mass is 10.2. The average Bonchev–Trinajstić information content (AvgIpc) is 2.17. The predicted molar refractivity (Wildman–Crippen MR) is 38.4 cm³/mol. The van der Waals surface area contributed by atoms with E-state index < -0.39 is 0 Å². The SMILES string of the molecule is CCC[C@H]1C=C[C@@H](C)O1. The van der Waals surface area contributed by atoms with Crippen molar-refractivity contribution < 1.29 is 4.74 Å². The van der Waals surface area contributed by atoms with E-state index >= 15 is 0 Å². The second kappa shape index (κ2) is 3.02. The summed E-state index contributed by atoms with van der Waals surface area (Å²) in [5.41, 5.74) is 0. The van der Waals surface area contributed by atoms with Crippen LogP contribution in [0.25, 0.3) is 0 Å². The first kappa shape index (κ1) is 6.81. The quantitative estimate of drug-likeness (QED) is 0.515. The van der Waals surface area contributed by atoms with E-state index in [2.05, 4.69) is 26.0 Å². The summed E-state index contributed by atoms with van der Waals surface area (Å²) < 4.78 is 5.49. The summed E-state index contributed by atoms with van der Waals surface area (Å²) in [7, 11) is 0. The van der Waals surface area contributed by atoms with Gasteiger partial charge in [-0.15, -0.1) is 0 Å². The maximum Gasteiger partial charge on any atom is 0.0764 e. The van der Waals surface area contributed by atoms with Gasteiger partial charge in [-0.2, -0.15) is 0 Å². The molecule has 0 fully saturated rings. The van der Waals surface area contributed by atoms with Crippen LogP contribution in [0.15, 0.2) is 12.2 Å². The minimum atomic E-state index is 0.349. The van der Waals surface area contributed by atoms with Gasteiger partial charge in [0.15, 0.2) is 0 Å². The van der Waals surface area contributed by atoms with E-state index in [1.165, 1.54) is 12.8 Å². The molecule has 1 nitrogen and oxygen atoms in total. The van der Waals surface area contributed by atoms with E-state index in [1.54, 1.807) is 0 Å². The van der Waals surface area contributed by atoms with Crippen LogP contribution in [-0.2, 0) is 4.74 Å². The fraction of sp³-hybridized carbons (Fsp3) is 0.750. The molecule has 1 aliphatic heterocycles. The molecule has 52 valence electrons. The lowest BCUT2D eigenvalue weighted by molar-refractivity contribution is 0.0662. The van der Waals surface area contributed by atoms with Crippen molar-refractivity contribution in [1.82, 2.24) is 0 Å². The Kier molecular flexibility index (Phi) is 2.29. The third kappa shape index (κ3) is 1.83. The van der Waals surface area contributed by atoms with Gasteiger partial charge in [-0.3, -0.25) is 0 Å². The van der Waals surface area contributed by atoms with E-state index in [1.807, 2.05) is 0 Å². The topological polar surface area (TPSA) is 9.23 Å². The van der Waals surface area contributed by atoms with E-state index in [9.17, 15) is 0 Å². The summed E-state index contributed by atoms with van der Waals surface area (Å²) in [6.07, 6.45) is 7.42. The molecule has 0 saturated heterocycles. The largest absolute Gasteiger partial charge is 0.367 e. The molecule has 0 radical (unpaired) electrons. The molecule has 0 saturated carbocycles. The van der Waals surface area contributed by atoms with Crippen LogP contribution in [0.3, 0.4) is 0 Å². The Morgan fingerprint density at radius 1 is 1.44 bits per heavy atom. The molecule has 1 aliphatic rings. The van der Waals surface area contributed by atoms with Gasteiger partial charge in [0.2, 0.25) is 0 Å². The molecule has 0 aliphatic carbocycles. The highest BCUT2D eigenvalue weighted by molar-refractivity contribution is 4.99. The van der Waals surface area contributed by atoms with Gasteiger partial charge >= 0.3 is 0 Å². The molecule has 1 heterocycles. The highest BCUT2D eigenvalue weighted by atomic mass is 16.5. The molecule has 0 amide bonds. The highest BCUT2D eigenvalue weighted by Crippen LogP contribution is 2.14. The molecule has 9 heavy (non-hydrogen) atoms. The van der Waals surface area contributed by atoms with Crippen molar-refractivity contribution >= 4 is 0 Å². The molecular formula is C8H14O. The van der Waals surface area contributed by atoms with Crippen LogP contribution in [0.4, 0.5) is 0 Å². The van der Waals surface area contributed by atoms with Crippen molar-refractivity contribution in [2.75, 3.05) is 0 Å². The summed E-state index contributed by atoms with van der Waals surface area (Å²) in [6, 6.07) is 0. The molecule has 0 spiro atoms. The Hall–Kier alpha value is -0.300. The summed E-state index contributed by atoms with van der Waals surface area (Å²) in [4.78, 5) is 0. The van der Waals surface area contributed by atoms with E-state index in [-0.39, 0.29) is 0 Å². The monoisotopic (exact) mass is 126 g/mol. The standard InChI is InChI=1S/C8H14O/c1-3-4-8-6-5-7(2)9-8/h5-8H,3-4H2,1-2H3/t7-,8+/m1/s1. The van der Waals surface area contributed by atoms with Gasteiger partial charge in [0, 0.05) is 0 Å². The van der Waals surface area contributed by atoms with Gasteiger partial charge in [-0.05, 0) is 13.3 Å². The van der Waals surface area contributed by atoms with Crippen LogP contribution < -0.4 is 0 Å². The summed E-state index contributed by atoms with van der Waals surface area (Å²) in [6.45, 7) is 4.26. The fourth-order valence-corrected chi connectivity index (χ4v) is 1.10. The van der Waals surface area contributed by atoms with Crippen molar-refractivity contribution in [3.63, 3.8) is 0 Å². The molecular weight excluding hydrogens is 112 g/mol. The smallest absolute Gasteiger partial charge is 0.0764 e. The summed E-state index contributed by atoms with van der Waals surface area (Å²) in [5, 5.41) is 0. The van der Waals surface area contributed by atoms with Gasteiger partial charge in [0.25, 0.3) is 0 Å². The maximum atomic E-state index is 5.49. The zero-order valence-corrected chi connectivity index (χ0v) is 6.13. The average molecular weight is 126 g/mol. The van der Waals surface area contributed by atoms with Gasteiger partial charge in [0.1, 0.15) is 0 Å². The highest BCUT2D eigenvalue weighted by Gasteiger charge is 2.12. The zero-order valence-electron chi connectivity index (χ0n) is 6.13. The Labute approximate surface area is 56.7 Å². The van der Waals surface area contributed by atoms with Crippen molar-refractivity contribution in [2.24, 2.45) is 0 Å². The van der Waals surface area contributed by atoms with Crippen LogP contribution in [0.5, 0.6) is 0 Å². The first-order valence-electron chi connectivity index (χ1n) is 3.66. The second-order valence-electron chi connectivity index (χ2n) is 2.55. The lowest BCUT2D eigenvalue weighted by Gasteiger charge is -2.08. The number of hydrogen-bond acceptors (Lipinski definition) is 1. The first-order valence-corrected chi connectivity index (χ1v) is 3.66. The fourth-order valence-electron chi connectivity index (χ4n) is 1.10. The first-order chi connectivity index (χ1) is 4.33. The predicted octanol–water partition coefficient (Wildman–Crippen LogP) is 2.13. The Bertz CT molecular complexity index is 107. The molecule has 0 unspecified atom stereocenters. The van der Waals surface area contributed by atoms with Crippen molar-refractivity contribution in [2.45, 2.75) is 38.9 Å². The Balaban J connectivity index is 2.24. The minimum Gasteiger partial charge on any atom is -0.367 e. The normalized spacial score (nSPS) is 33.6. The number of rotatable bonds is 2. The summed E-state index contributed by atoms with van der Waals surface area (Å²) in [5.74, 6) is 0. The lowest BCUT2D eigenvalue weighted by Crippen LogP contribution is -2.08. The maximum absolute atomic E-state index is 5.49. The minimum absolute atomic E-state index is 0.349. The van der Waals surface area contributed by atoms with Crippen LogP contribution in [-0.4, -0.2) is 12.2 Å². The molecule has 1 rings (SSSR count). The van der Waals surface area contributed by atoms with Crippen LogP contribution in [0, 0.1) is 0 Å². The summed E-state index contributed by atoms with van der Waals surface area (Å²) >= 11 is 0. The van der Waals surface area contributed by atoms with Crippen molar-refractivity contribution in [3.05, 3.63) is 12.2 Å². The van der Waals surface area contributed by atoms with Crippen LogP contribution in [0.1, 0.15) is 26.7 Å². The van der Waals surface area contributed by atoms with E-state index in [0.717, 1.165) is 0 Å². The second-order valence-corrected chi connectivity index (χ2v) is 2.55. The van der Waals surface area contributed by atoms with Gasteiger partial charge < -0.3 is 4.74 Å². The molecule has 2 atom stereocenters. The Morgan fingerprint density at radius 2 is 2.22 bits per heavy atom.